The summed E-state index contributed by atoms with van der Waals surface area (Å²) in [6.07, 6.45) is 1.82. The predicted octanol–water partition coefficient (Wildman–Crippen LogP) is 4.39. The van der Waals surface area contributed by atoms with Crippen LogP contribution in [0.5, 0.6) is 0 Å². The fourth-order valence-electron chi connectivity index (χ4n) is 2.36. The van der Waals surface area contributed by atoms with Crippen molar-refractivity contribution in [2.45, 2.75) is 37.2 Å². The standard InChI is InChI=1S/C19H21Cl2N3O3S/c1-11(2)8-15(18(26)27-3)23-17(25)16-14(21)9-22-19(24-16)28-10-12-4-6-13(20)7-5-12/h4-7,9,11,15H,8,10H2,1-3H3,(H,23,25)/t15-/m0/s1. The van der Waals surface area contributed by atoms with Gasteiger partial charge in [-0.05, 0) is 30.0 Å². The maximum atomic E-state index is 12.6. The summed E-state index contributed by atoms with van der Waals surface area (Å²) in [4.78, 5) is 33.0. The van der Waals surface area contributed by atoms with Crippen molar-refractivity contribution in [2.24, 2.45) is 5.92 Å². The molecule has 1 atom stereocenters. The summed E-state index contributed by atoms with van der Waals surface area (Å²) in [5.41, 5.74) is 1.06. The van der Waals surface area contributed by atoms with Crippen molar-refractivity contribution in [2.75, 3.05) is 7.11 Å². The molecule has 1 heterocycles. The summed E-state index contributed by atoms with van der Waals surface area (Å²) >= 11 is 13.4. The number of halogens is 2. The van der Waals surface area contributed by atoms with E-state index in [0.29, 0.717) is 22.4 Å². The van der Waals surface area contributed by atoms with Crippen LogP contribution >= 0.6 is 35.0 Å². The molecule has 28 heavy (non-hydrogen) atoms. The van der Waals surface area contributed by atoms with Gasteiger partial charge in [-0.25, -0.2) is 14.8 Å². The highest BCUT2D eigenvalue weighted by molar-refractivity contribution is 7.98. The van der Waals surface area contributed by atoms with Crippen molar-refractivity contribution in [3.8, 4) is 0 Å². The van der Waals surface area contributed by atoms with E-state index < -0.39 is 17.9 Å². The van der Waals surface area contributed by atoms with Gasteiger partial charge in [0.05, 0.1) is 18.3 Å². The second kappa shape index (κ2) is 10.6. The number of nitrogens with one attached hydrogen (secondary N) is 1. The molecular weight excluding hydrogens is 421 g/mol. The first kappa shape index (κ1) is 22.5. The smallest absolute Gasteiger partial charge is 0.328 e. The van der Waals surface area contributed by atoms with Crippen LogP contribution in [0, 0.1) is 5.92 Å². The lowest BCUT2D eigenvalue weighted by molar-refractivity contribution is -0.143. The number of aromatic nitrogens is 2. The van der Waals surface area contributed by atoms with Gasteiger partial charge in [0, 0.05) is 10.8 Å². The highest BCUT2D eigenvalue weighted by Crippen LogP contribution is 2.23. The van der Waals surface area contributed by atoms with Gasteiger partial charge in [-0.1, -0.05) is 60.9 Å². The Morgan fingerprint density at radius 2 is 1.89 bits per heavy atom. The molecule has 1 aromatic heterocycles. The van der Waals surface area contributed by atoms with Gasteiger partial charge in [-0.2, -0.15) is 0 Å². The fourth-order valence-corrected chi connectivity index (χ4v) is 3.44. The molecule has 150 valence electrons. The highest BCUT2D eigenvalue weighted by Gasteiger charge is 2.25. The molecule has 1 aromatic carbocycles. The van der Waals surface area contributed by atoms with Gasteiger partial charge < -0.3 is 10.1 Å². The zero-order valence-electron chi connectivity index (χ0n) is 15.7. The Morgan fingerprint density at radius 3 is 2.50 bits per heavy atom. The molecule has 0 fully saturated rings. The second-order valence-electron chi connectivity index (χ2n) is 6.44. The number of rotatable bonds is 8. The third-order valence-electron chi connectivity index (χ3n) is 3.72. The zero-order valence-corrected chi connectivity index (χ0v) is 18.1. The molecule has 0 radical (unpaired) electrons. The lowest BCUT2D eigenvalue weighted by Gasteiger charge is -2.18. The number of esters is 1. The first-order valence-corrected chi connectivity index (χ1v) is 10.3. The average Bonchev–Trinajstić information content (AvgIpc) is 2.67. The number of amides is 1. The Balaban J connectivity index is 2.11. The van der Waals surface area contributed by atoms with Crippen LogP contribution in [0.4, 0.5) is 0 Å². The first-order valence-electron chi connectivity index (χ1n) is 8.58. The van der Waals surface area contributed by atoms with Crippen LogP contribution < -0.4 is 5.32 Å². The average molecular weight is 442 g/mol. The number of thioether (sulfide) groups is 1. The van der Waals surface area contributed by atoms with E-state index in [0.717, 1.165) is 5.56 Å². The molecule has 2 rings (SSSR count). The SMILES string of the molecule is COC(=O)[C@H](CC(C)C)NC(=O)c1nc(SCc2ccc(Cl)cc2)ncc1Cl. The van der Waals surface area contributed by atoms with Crippen LogP contribution in [-0.2, 0) is 15.3 Å². The number of nitrogens with zero attached hydrogens (tertiary/aromatic N) is 2. The van der Waals surface area contributed by atoms with Gasteiger partial charge in [-0.15, -0.1) is 0 Å². The molecule has 2 aromatic rings. The van der Waals surface area contributed by atoms with Crippen molar-refractivity contribution < 1.29 is 14.3 Å². The number of carbonyl (C=O) groups excluding carboxylic acids is 2. The molecular formula is C19H21Cl2N3O3S. The third kappa shape index (κ3) is 6.65. The Morgan fingerprint density at radius 1 is 1.21 bits per heavy atom. The third-order valence-corrected chi connectivity index (χ3v) is 5.18. The monoisotopic (exact) mass is 441 g/mol. The van der Waals surface area contributed by atoms with E-state index in [1.807, 2.05) is 26.0 Å². The van der Waals surface area contributed by atoms with Gasteiger partial charge in [0.1, 0.15) is 6.04 Å². The Bertz CT molecular complexity index is 832. The molecule has 6 nitrogen and oxygen atoms in total. The maximum Gasteiger partial charge on any atom is 0.328 e. The maximum absolute atomic E-state index is 12.6. The van der Waals surface area contributed by atoms with Crippen LogP contribution in [0.15, 0.2) is 35.6 Å². The van der Waals surface area contributed by atoms with E-state index >= 15 is 0 Å². The van der Waals surface area contributed by atoms with E-state index in [1.165, 1.54) is 25.1 Å². The molecule has 1 amide bonds. The minimum Gasteiger partial charge on any atom is -0.467 e. The van der Waals surface area contributed by atoms with Crippen LogP contribution in [0.2, 0.25) is 10.0 Å². The van der Waals surface area contributed by atoms with E-state index in [-0.39, 0.29) is 16.6 Å². The van der Waals surface area contributed by atoms with E-state index in [9.17, 15) is 9.59 Å². The Kier molecular flexibility index (Phi) is 8.54. The molecule has 1 N–H and O–H groups in total. The molecule has 9 heteroatoms. The van der Waals surface area contributed by atoms with Gasteiger partial charge in [0.2, 0.25) is 0 Å². The van der Waals surface area contributed by atoms with Gasteiger partial charge in [0.15, 0.2) is 10.9 Å². The predicted molar refractivity (Wildman–Crippen MR) is 111 cm³/mol. The molecule has 0 saturated heterocycles. The van der Waals surface area contributed by atoms with Crippen LogP contribution in [0.1, 0.15) is 36.3 Å². The molecule has 0 spiro atoms. The lowest BCUT2D eigenvalue weighted by Crippen LogP contribution is -2.42. The highest BCUT2D eigenvalue weighted by atomic mass is 35.5. The van der Waals surface area contributed by atoms with E-state index in [2.05, 4.69) is 15.3 Å². The van der Waals surface area contributed by atoms with Crippen molar-refractivity contribution in [1.82, 2.24) is 15.3 Å². The minimum atomic E-state index is -0.770. The number of ether oxygens (including phenoxy) is 1. The quantitative estimate of drug-likeness (QED) is 0.371. The number of methoxy groups -OCH3 is 1. The molecule has 0 bridgehead atoms. The molecule has 0 aliphatic carbocycles. The minimum absolute atomic E-state index is 0.0212. The summed E-state index contributed by atoms with van der Waals surface area (Å²) < 4.78 is 4.77. The summed E-state index contributed by atoms with van der Waals surface area (Å²) in [5, 5.41) is 3.83. The number of hydrogen-bond acceptors (Lipinski definition) is 6. The summed E-state index contributed by atoms with van der Waals surface area (Å²) in [6.45, 7) is 3.90. The van der Waals surface area contributed by atoms with Crippen molar-refractivity contribution in [3.05, 3.63) is 51.8 Å². The van der Waals surface area contributed by atoms with Crippen molar-refractivity contribution >= 4 is 46.8 Å². The Hall–Kier alpha value is -1.83. The molecule has 0 unspecified atom stereocenters. The van der Waals surface area contributed by atoms with E-state index in [4.69, 9.17) is 27.9 Å². The normalized spacial score (nSPS) is 11.9. The first-order chi connectivity index (χ1) is 13.3. The van der Waals surface area contributed by atoms with Crippen molar-refractivity contribution in [3.63, 3.8) is 0 Å². The number of benzene rings is 1. The van der Waals surface area contributed by atoms with Crippen LogP contribution in [0.25, 0.3) is 0 Å². The molecule has 0 aliphatic heterocycles. The summed E-state index contributed by atoms with van der Waals surface area (Å²) in [5.74, 6) is -0.255. The number of carbonyl (C=O) groups is 2. The van der Waals surface area contributed by atoms with Crippen LogP contribution in [-0.4, -0.2) is 35.0 Å². The Labute approximate surface area is 178 Å². The largest absolute Gasteiger partial charge is 0.467 e. The lowest BCUT2D eigenvalue weighted by atomic mass is 10.0. The topological polar surface area (TPSA) is 81.2 Å². The zero-order chi connectivity index (χ0) is 20.7. The van der Waals surface area contributed by atoms with Crippen LogP contribution in [0.3, 0.4) is 0 Å². The van der Waals surface area contributed by atoms with Gasteiger partial charge >= 0.3 is 5.97 Å². The van der Waals surface area contributed by atoms with Gasteiger partial charge in [0.25, 0.3) is 5.91 Å². The summed E-state index contributed by atoms with van der Waals surface area (Å²) in [7, 11) is 1.28. The fraction of sp³-hybridized carbons (Fsp3) is 0.368. The number of hydrogen-bond donors (Lipinski definition) is 1. The van der Waals surface area contributed by atoms with Crippen molar-refractivity contribution in [1.29, 1.82) is 0 Å². The molecule has 0 saturated carbocycles. The van der Waals surface area contributed by atoms with E-state index in [1.54, 1.807) is 12.1 Å². The second-order valence-corrected chi connectivity index (χ2v) is 8.23. The van der Waals surface area contributed by atoms with Gasteiger partial charge in [-0.3, -0.25) is 4.79 Å². The molecule has 0 aliphatic rings. The summed E-state index contributed by atoms with van der Waals surface area (Å²) in [6, 6.07) is 6.66.